The molecule has 1 amide bonds. The minimum Gasteiger partial charge on any atom is -0.361 e. The van der Waals surface area contributed by atoms with Crippen LogP contribution in [-0.2, 0) is 11.2 Å². The van der Waals surface area contributed by atoms with E-state index in [2.05, 4.69) is 29.1 Å². The summed E-state index contributed by atoms with van der Waals surface area (Å²) >= 11 is 1.95. The van der Waals surface area contributed by atoms with Gasteiger partial charge in [0.25, 0.3) is 0 Å². The lowest BCUT2D eigenvalue weighted by Gasteiger charge is -2.31. The van der Waals surface area contributed by atoms with E-state index in [-0.39, 0.29) is 5.91 Å². The molecule has 0 radical (unpaired) electrons. The Balaban J connectivity index is 2.10. The lowest BCUT2D eigenvalue weighted by atomic mass is 10.1. The van der Waals surface area contributed by atoms with E-state index in [9.17, 15) is 4.79 Å². The minimum absolute atomic E-state index is 0.193. The highest BCUT2D eigenvalue weighted by atomic mass is 32.2. The van der Waals surface area contributed by atoms with E-state index in [0.29, 0.717) is 12.5 Å². The monoisotopic (exact) mass is 311 g/mol. The number of carbonyl (C=O) groups excluding carboxylic acids is 1. The summed E-state index contributed by atoms with van der Waals surface area (Å²) in [6.07, 6.45) is 1.47. The van der Waals surface area contributed by atoms with Crippen LogP contribution >= 0.6 is 11.8 Å². The molecule has 0 aromatic carbocycles. The molecule has 21 heavy (non-hydrogen) atoms. The zero-order valence-corrected chi connectivity index (χ0v) is 14.2. The summed E-state index contributed by atoms with van der Waals surface area (Å²) in [5, 5.41) is 3.94. The van der Waals surface area contributed by atoms with Crippen molar-refractivity contribution in [3.63, 3.8) is 0 Å². The number of aryl methyl sites for hydroxylation is 2. The van der Waals surface area contributed by atoms with Gasteiger partial charge in [-0.15, -0.1) is 0 Å². The number of thioether (sulfide) groups is 1. The Bertz CT molecular complexity index is 468. The average molecular weight is 311 g/mol. The molecule has 0 spiro atoms. The Morgan fingerprint density at radius 2 is 2.24 bits per heavy atom. The summed E-state index contributed by atoms with van der Waals surface area (Å²) in [6.45, 7) is 5.54. The molecule has 1 fully saturated rings. The number of amides is 1. The second kappa shape index (κ2) is 7.31. The van der Waals surface area contributed by atoms with Gasteiger partial charge in [-0.1, -0.05) is 5.16 Å². The Hall–Kier alpha value is -1.01. The first-order valence-corrected chi connectivity index (χ1v) is 8.58. The molecule has 118 valence electrons. The van der Waals surface area contributed by atoms with E-state index in [0.717, 1.165) is 48.0 Å². The largest absolute Gasteiger partial charge is 0.361 e. The van der Waals surface area contributed by atoms with Gasteiger partial charge in [0.2, 0.25) is 5.91 Å². The number of carbonyl (C=O) groups is 1. The first-order valence-electron chi connectivity index (χ1n) is 7.42. The molecule has 2 rings (SSSR count). The fourth-order valence-corrected chi connectivity index (χ4v) is 3.79. The van der Waals surface area contributed by atoms with E-state index >= 15 is 0 Å². The highest BCUT2D eigenvalue weighted by Gasteiger charge is 2.27. The van der Waals surface area contributed by atoms with Crippen LogP contribution in [0.1, 0.15) is 23.4 Å². The maximum absolute atomic E-state index is 12.7. The summed E-state index contributed by atoms with van der Waals surface area (Å²) in [4.78, 5) is 17.0. The lowest BCUT2D eigenvalue weighted by molar-refractivity contribution is -0.132. The summed E-state index contributed by atoms with van der Waals surface area (Å²) in [7, 11) is 4.12. The normalized spacial score (nSPS) is 19.9. The average Bonchev–Trinajstić information content (AvgIpc) is 2.65. The number of nitrogens with zero attached hydrogens (tertiary/aromatic N) is 3. The van der Waals surface area contributed by atoms with Crippen LogP contribution in [0.2, 0.25) is 0 Å². The number of hydrogen-bond donors (Lipinski definition) is 0. The number of likely N-dealkylation sites (N-methyl/N-ethyl adjacent to an activating group) is 1. The highest BCUT2D eigenvalue weighted by Crippen LogP contribution is 2.20. The maximum atomic E-state index is 12.7. The van der Waals surface area contributed by atoms with Crippen LogP contribution in [0.5, 0.6) is 0 Å². The van der Waals surface area contributed by atoms with Gasteiger partial charge in [-0.05, 0) is 40.1 Å². The van der Waals surface area contributed by atoms with E-state index in [1.54, 1.807) is 0 Å². The molecule has 0 N–H and O–H groups in total. The van der Waals surface area contributed by atoms with Crippen LogP contribution in [0.3, 0.4) is 0 Å². The van der Waals surface area contributed by atoms with E-state index in [1.807, 2.05) is 25.6 Å². The van der Waals surface area contributed by atoms with Crippen LogP contribution in [-0.4, -0.2) is 65.6 Å². The zero-order chi connectivity index (χ0) is 15.4. The molecule has 1 saturated heterocycles. The van der Waals surface area contributed by atoms with Crippen molar-refractivity contribution in [2.45, 2.75) is 32.7 Å². The van der Waals surface area contributed by atoms with Gasteiger partial charge in [0.15, 0.2) is 0 Å². The second-order valence-corrected chi connectivity index (χ2v) is 7.06. The van der Waals surface area contributed by atoms with Crippen LogP contribution in [0.4, 0.5) is 0 Å². The van der Waals surface area contributed by atoms with Crippen molar-refractivity contribution in [1.29, 1.82) is 0 Å². The van der Waals surface area contributed by atoms with Gasteiger partial charge < -0.3 is 14.3 Å². The van der Waals surface area contributed by atoms with Gasteiger partial charge in [0.05, 0.1) is 18.2 Å². The lowest BCUT2D eigenvalue weighted by Crippen LogP contribution is -2.47. The van der Waals surface area contributed by atoms with E-state index in [4.69, 9.17) is 4.52 Å². The molecule has 1 aromatic heterocycles. The van der Waals surface area contributed by atoms with Crippen molar-refractivity contribution in [3.8, 4) is 0 Å². The number of hydrogen-bond acceptors (Lipinski definition) is 5. The topological polar surface area (TPSA) is 49.6 Å². The molecule has 1 unspecified atom stereocenters. The molecular weight excluding hydrogens is 286 g/mol. The Labute approximate surface area is 131 Å². The molecule has 1 atom stereocenters. The first kappa shape index (κ1) is 16.4. The standard InChI is InChI=1S/C15H25N3O2S/c1-11-14(12(2)20-16-11)8-15(19)18-6-5-7-21-10-13(18)9-17(3)4/h13H,5-10H2,1-4H3. The fourth-order valence-electron chi connectivity index (χ4n) is 2.74. The predicted octanol–water partition coefficient (Wildman–Crippen LogP) is 1.73. The van der Waals surface area contributed by atoms with Gasteiger partial charge in [0, 0.05) is 24.4 Å². The Morgan fingerprint density at radius 3 is 2.86 bits per heavy atom. The molecule has 0 bridgehead atoms. The molecule has 1 aliphatic rings. The van der Waals surface area contributed by atoms with Crippen LogP contribution < -0.4 is 0 Å². The number of aromatic nitrogens is 1. The third-order valence-corrected chi connectivity index (χ3v) is 5.04. The maximum Gasteiger partial charge on any atom is 0.227 e. The van der Waals surface area contributed by atoms with Crippen LogP contribution in [0.15, 0.2) is 4.52 Å². The summed E-state index contributed by atoms with van der Waals surface area (Å²) < 4.78 is 5.17. The van der Waals surface area contributed by atoms with Gasteiger partial charge in [-0.25, -0.2) is 0 Å². The van der Waals surface area contributed by atoms with Crippen molar-refractivity contribution < 1.29 is 9.32 Å². The summed E-state index contributed by atoms with van der Waals surface area (Å²) in [6, 6.07) is 0.292. The van der Waals surface area contributed by atoms with Gasteiger partial charge in [-0.2, -0.15) is 11.8 Å². The first-order chi connectivity index (χ1) is 9.99. The van der Waals surface area contributed by atoms with Crippen molar-refractivity contribution in [1.82, 2.24) is 15.0 Å². The third-order valence-electron chi connectivity index (χ3n) is 3.84. The molecule has 2 heterocycles. The third kappa shape index (κ3) is 4.23. The van der Waals surface area contributed by atoms with Crippen molar-refractivity contribution in [2.24, 2.45) is 0 Å². The summed E-state index contributed by atoms with van der Waals surface area (Å²) in [5.41, 5.74) is 1.77. The van der Waals surface area contributed by atoms with Crippen LogP contribution in [0.25, 0.3) is 0 Å². The van der Waals surface area contributed by atoms with Gasteiger partial charge >= 0.3 is 0 Å². The SMILES string of the molecule is Cc1noc(C)c1CC(=O)N1CCCSCC1CN(C)C. The molecule has 0 aliphatic carbocycles. The van der Waals surface area contributed by atoms with Crippen molar-refractivity contribution in [3.05, 3.63) is 17.0 Å². The molecule has 1 aromatic rings. The molecule has 5 nitrogen and oxygen atoms in total. The molecule has 6 heteroatoms. The van der Waals surface area contributed by atoms with Crippen molar-refractivity contribution in [2.75, 3.05) is 38.7 Å². The van der Waals surface area contributed by atoms with Gasteiger partial charge in [0.1, 0.15) is 5.76 Å². The smallest absolute Gasteiger partial charge is 0.227 e. The predicted molar refractivity (Wildman–Crippen MR) is 85.7 cm³/mol. The quantitative estimate of drug-likeness (QED) is 0.847. The Kier molecular flexibility index (Phi) is 5.70. The fraction of sp³-hybridized carbons (Fsp3) is 0.733. The highest BCUT2D eigenvalue weighted by molar-refractivity contribution is 7.99. The van der Waals surface area contributed by atoms with Crippen molar-refractivity contribution >= 4 is 17.7 Å². The summed E-state index contributed by atoms with van der Waals surface area (Å²) in [5.74, 6) is 3.11. The molecule has 1 aliphatic heterocycles. The van der Waals surface area contributed by atoms with Gasteiger partial charge in [-0.3, -0.25) is 4.79 Å². The van der Waals surface area contributed by atoms with E-state index in [1.165, 1.54) is 0 Å². The zero-order valence-electron chi connectivity index (χ0n) is 13.4. The second-order valence-electron chi connectivity index (χ2n) is 5.91. The van der Waals surface area contributed by atoms with E-state index < -0.39 is 0 Å². The molecule has 0 saturated carbocycles. The molecular formula is C15H25N3O2S. The Morgan fingerprint density at radius 1 is 1.48 bits per heavy atom. The number of rotatable bonds is 4. The van der Waals surface area contributed by atoms with Crippen LogP contribution in [0, 0.1) is 13.8 Å². The minimum atomic E-state index is 0.193.